The Kier molecular flexibility index (Phi) is 3.26. The summed E-state index contributed by atoms with van der Waals surface area (Å²) in [6.45, 7) is 0.0196. The molecule has 4 nitrogen and oxygen atoms in total. The van der Waals surface area contributed by atoms with Crippen LogP contribution in [-0.4, -0.2) is 14.9 Å². The van der Waals surface area contributed by atoms with Gasteiger partial charge < -0.3 is 9.84 Å². The van der Waals surface area contributed by atoms with Crippen LogP contribution in [-0.2, 0) is 13.7 Å². The lowest BCUT2D eigenvalue weighted by Crippen LogP contribution is -1.88. The SMILES string of the molecule is Cn1cc(Oc2ccc(CO)cc2Br)cn1. The van der Waals surface area contributed by atoms with Crippen molar-refractivity contribution >= 4 is 15.9 Å². The molecule has 0 fully saturated rings. The van der Waals surface area contributed by atoms with Gasteiger partial charge in [0.2, 0.25) is 0 Å². The maximum absolute atomic E-state index is 8.97. The molecular formula is C11H11BrN2O2. The van der Waals surface area contributed by atoms with Crippen LogP contribution in [0.15, 0.2) is 35.1 Å². The summed E-state index contributed by atoms with van der Waals surface area (Å²) >= 11 is 3.39. The second-order valence-electron chi connectivity index (χ2n) is 3.37. The molecule has 0 spiro atoms. The fourth-order valence-electron chi connectivity index (χ4n) is 1.30. The topological polar surface area (TPSA) is 47.3 Å². The van der Waals surface area contributed by atoms with Crippen LogP contribution < -0.4 is 4.74 Å². The van der Waals surface area contributed by atoms with E-state index in [1.807, 2.05) is 25.2 Å². The van der Waals surface area contributed by atoms with Gasteiger partial charge in [0.25, 0.3) is 0 Å². The summed E-state index contributed by atoms with van der Waals surface area (Å²) in [6.07, 6.45) is 3.43. The van der Waals surface area contributed by atoms with Crippen molar-refractivity contribution in [3.63, 3.8) is 0 Å². The zero-order chi connectivity index (χ0) is 11.5. The molecule has 2 aromatic rings. The second-order valence-corrected chi connectivity index (χ2v) is 4.23. The zero-order valence-corrected chi connectivity index (χ0v) is 10.3. The van der Waals surface area contributed by atoms with Gasteiger partial charge in [0.15, 0.2) is 5.75 Å². The van der Waals surface area contributed by atoms with Gasteiger partial charge in [-0.1, -0.05) is 6.07 Å². The quantitative estimate of drug-likeness (QED) is 0.941. The number of aliphatic hydroxyl groups is 1. The lowest BCUT2D eigenvalue weighted by molar-refractivity contribution is 0.281. The third-order valence-corrected chi connectivity index (χ3v) is 2.71. The molecule has 0 saturated carbocycles. The van der Waals surface area contributed by atoms with E-state index in [1.165, 1.54) is 0 Å². The monoisotopic (exact) mass is 282 g/mol. The van der Waals surface area contributed by atoms with Crippen molar-refractivity contribution in [3.05, 3.63) is 40.6 Å². The van der Waals surface area contributed by atoms with Crippen molar-refractivity contribution in [1.82, 2.24) is 9.78 Å². The van der Waals surface area contributed by atoms with Gasteiger partial charge in [-0.25, -0.2) is 0 Å². The molecule has 0 aliphatic rings. The number of aromatic nitrogens is 2. The minimum Gasteiger partial charge on any atom is -0.453 e. The molecule has 0 atom stereocenters. The molecule has 84 valence electrons. The first-order chi connectivity index (χ1) is 7.69. The molecule has 0 amide bonds. The van der Waals surface area contributed by atoms with Gasteiger partial charge in [-0.2, -0.15) is 5.10 Å². The minimum atomic E-state index is 0.0196. The molecule has 5 heteroatoms. The van der Waals surface area contributed by atoms with E-state index < -0.39 is 0 Å². The summed E-state index contributed by atoms with van der Waals surface area (Å²) < 4.78 is 8.10. The number of hydrogen-bond donors (Lipinski definition) is 1. The van der Waals surface area contributed by atoms with E-state index in [4.69, 9.17) is 9.84 Å². The molecule has 0 unspecified atom stereocenters. The van der Waals surface area contributed by atoms with Crippen LogP contribution in [0, 0.1) is 0 Å². The normalized spacial score (nSPS) is 10.4. The molecule has 2 rings (SSSR count). The molecule has 0 radical (unpaired) electrons. The molecule has 0 bridgehead atoms. The highest BCUT2D eigenvalue weighted by Gasteiger charge is 2.05. The predicted molar refractivity (Wildman–Crippen MR) is 63.3 cm³/mol. The molecule has 0 aliphatic carbocycles. The summed E-state index contributed by atoms with van der Waals surface area (Å²) in [5.41, 5.74) is 0.838. The summed E-state index contributed by atoms with van der Waals surface area (Å²) in [4.78, 5) is 0. The van der Waals surface area contributed by atoms with Crippen LogP contribution >= 0.6 is 15.9 Å². The molecule has 16 heavy (non-hydrogen) atoms. The first-order valence-electron chi connectivity index (χ1n) is 4.75. The second kappa shape index (κ2) is 4.67. The number of halogens is 1. The van der Waals surface area contributed by atoms with Gasteiger partial charge in [-0.15, -0.1) is 0 Å². The predicted octanol–water partition coefficient (Wildman–Crippen LogP) is 2.47. The van der Waals surface area contributed by atoms with Gasteiger partial charge >= 0.3 is 0 Å². The number of hydrogen-bond acceptors (Lipinski definition) is 3. The number of aryl methyl sites for hydroxylation is 1. The molecule has 1 aromatic heterocycles. The maximum Gasteiger partial charge on any atom is 0.165 e. The molecular weight excluding hydrogens is 272 g/mol. The first-order valence-corrected chi connectivity index (χ1v) is 5.54. The average molecular weight is 283 g/mol. The Bertz CT molecular complexity index is 496. The third kappa shape index (κ3) is 2.43. The summed E-state index contributed by atoms with van der Waals surface area (Å²) in [5, 5.41) is 13.0. The van der Waals surface area contributed by atoms with Crippen molar-refractivity contribution in [1.29, 1.82) is 0 Å². The standard InChI is InChI=1S/C11H11BrN2O2/c1-14-6-9(5-13-14)16-11-3-2-8(7-15)4-10(11)12/h2-6,15H,7H2,1H3. The molecule has 1 heterocycles. The largest absolute Gasteiger partial charge is 0.453 e. The van der Waals surface area contributed by atoms with E-state index in [0.29, 0.717) is 11.5 Å². The van der Waals surface area contributed by atoms with E-state index in [9.17, 15) is 0 Å². The highest BCUT2D eigenvalue weighted by Crippen LogP contribution is 2.30. The van der Waals surface area contributed by atoms with E-state index in [2.05, 4.69) is 21.0 Å². The highest BCUT2D eigenvalue weighted by atomic mass is 79.9. The first kappa shape index (κ1) is 11.2. The van der Waals surface area contributed by atoms with E-state index in [0.717, 1.165) is 10.0 Å². The zero-order valence-electron chi connectivity index (χ0n) is 8.72. The summed E-state index contributed by atoms with van der Waals surface area (Å²) in [7, 11) is 1.83. The van der Waals surface area contributed by atoms with Gasteiger partial charge in [0.05, 0.1) is 23.5 Å². The fraction of sp³-hybridized carbons (Fsp3) is 0.182. The van der Waals surface area contributed by atoms with Crippen molar-refractivity contribution < 1.29 is 9.84 Å². The van der Waals surface area contributed by atoms with Crippen molar-refractivity contribution in [2.75, 3.05) is 0 Å². The molecule has 1 aromatic carbocycles. The van der Waals surface area contributed by atoms with E-state index in [-0.39, 0.29) is 6.61 Å². The molecule has 0 saturated heterocycles. The molecule has 1 N–H and O–H groups in total. The summed E-state index contributed by atoms with van der Waals surface area (Å²) in [6, 6.07) is 5.45. The minimum absolute atomic E-state index is 0.0196. The Morgan fingerprint density at radius 2 is 2.31 bits per heavy atom. The van der Waals surface area contributed by atoms with Crippen molar-refractivity contribution in [2.45, 2.75) is 6.61 Å². The number of rotatable bonds is 3. The van der Waals surface area contributed by atoms with Gasteiger partial charge in [-0.3, -0.25) is 4.68 Å². The van der Waals surface area contributed by atoms with Crippen LogP contribution in [0.4, 0.5) is 0 Å². The number of aliphatic hydroxyl groups excluding tert-OH is 1. The molecule has 0 aliphatic heterocycles. The van der Waals surface area contributed by atoms with Crippen LogP contribution in [0.2, 0.25) is 0 Å². The number of benzene rings is 1. The number of nitrogens with zero attached hydrogens (tertiary/aromatic N) is 2. The van der Waals surface area contributed by atoms with Crippen LogP contribution in [0.25, 0.3) is 0 Å². The average Bonchev–Trinajstić information content (AvgIpc) is 2.67. The maximum atomic E-state index is 8.97. The highest BCUT2D eigenvalue weighted by molar-refractivity contribution is 9.10. The van der Waals surface area contributed by atoms with Crippen LogP contribution in [0.1, 0.15) is 5.56 Å². The van der Waals surface area contributed by atoms with Gasteiger partial charge in [-0.05, 0) is 33.6 Å². The van der Waals surface area contributed by atoms with Gasteiger partial charge in [0, 0.05) is 7.05 Å². The fourth-order valence-corrected chi connectivity index (χ4v) is 1.81. The van der Waals surface area contributed by atoms with Crippen molar-refractivity contribution in [2.24, 2.45) is 7.05 Å². The lowest BCUT2D eigenvalue weighted by Gasteiger charge is -2.06. The Balaban J connectivity index is 2.21. The third-order valence-electron chi connectivity index (χ3n) is 2.09. The van der Waals surface area contributed by atoms with Gasteiger partial charge in [0.1, 0.15) is 5.75 Å². The lowest BCUT2D eigenvalue weighted by atomic mass is 10.2. The Morgan fingerprint density at radius 3 is 2.88 bits per heavy atom. The summed E-state index contributed by atoms with van der Waals surface area (Å²) in [5.74, 6) is 1.38. The Morgan fingerprint density at radius 1 is 1.50 bits per heavy atom. The van der Waals surface area contributed by atoms with E-state index >= 15 is 0 Å². The van der Waals surface area contributed by atoms with E-state index in [1.54, 1.807) is 17.1 Å². The Labute approximate surface area is 102 Å². The smallest absolute Gasteiger partial charge is 0.165 e. The van der Waals surface area contributed by atoms with Crippen LogP contribution in [0.3, 0.4) is 0 Å². The van der Waals surface area contributed by atoms with Crippen LogP contribution in [0.5, 0.6) is 11.5 Å². The number of ether oxygens (including phenoxy) is 1. The Hall–Kier alpha value is -1.33. The van der Waals surface area contributed by atoms with Crippen molar-refractivity contribution in [3.8, 4) is 11.5 Å².